The van der Waals surface area contributed by atoms with E-state index in [1.807, 2.05) is 0 Å². The summed E-state index contributed by atoms with van der Waals surface area (Å²) in [5, 5.41) is 3.66. The number of ether oxygens (including phenoxy) is 1. The molecule has 0 fully saturated rings. The molecule has 2 aromatic carbocycles. The first-order chi connectivity index (χ1) is 14.0. The first-order valence-electron chi connectivity index (χ1n) is 9.23. The lowest BCUT2D eigenvalue weighted by molar-refractivity contribution is -0.121. The fraction of sp³-hybridized carbons (Fsp3) is 0.286. The molecule has 1 aromatic heterocycles. The first-order valence-corrected chi connectivity index (χ1v) is 9.61. The van der Waals surface area contributed by atoms with Crippen molar-refractivity contribution in [3.05, 3.63) is 80.0 Å². The molecule has 0 aliphatic carbocycles. The lowest BCUT2D eigenvalue weighted by Gasteiger charge is -2.14. The SMILES string of the molecule is COCCCNC(=O)Cn1c(=O)n(Cc2cccc(Cl)c2)c(=O)c2ccccc21. The normalized spacial score (nSPS) is 11.0. The number of hydrogen-bond acceptors (Lipinski definition) is 4. The summed E-state index contributed by atoms with van der Waals surface area (Å²) in [6, 6.07) is 13.8. The number of hydrogen-bond donors (Lipinski definition) is 1. The van der Waals surface area contributed by atoms with Crippen LogP contribution >= 0.6 is 11.6 Å². The molecule has 3 rings (SSSR count). The Morgan fingerprint density at radius 2 is 1.90 bits per heavy atom. The predicted octanol–water partition coefficient (Wildman–Crippen LogP) is 2.02. The fourth-order valence-corrected chi connectivity index (χ4v) is 3.34. The van der Waals surface area contributed by atoms with Crippen LogP contribution in [0.1, 0.15) is 12.0 Å². The number of aromatic nitrogens is 2. The zero-order chi connectivity index (χ0) is 20.8. The maximum absolute atomic E-state index is 13.1. The lowest BCUT2D eigenvalue weighted by Crippen LogP contribution is -2.43. The zero-order valence-electron chi connectivity index (χ0n) is 16.1. The van der Waals surface area contributed by atoms with Crippen LogP contribution in [0.2, 0.25) is 5.02 Å². The third-order valence-electron chi connectivity index (χ3n) is 4.51. The Hall–Kier alpha value is -2.90. The standard InChI is InChI=1S/C21H22ClN3O4/c1-29-11-5-10-23-19(26)14-24-18-9-3-2-8-17(18)20(27)25(21(24)28)13-15-6-4-7-16(22)12-15/h2-4,6-9,12H,5,10-11,13-14H2,1H3,(H,23,26). The van der Waals surface area contributed by atoms with Crippen molar-refractivity contribution in [2.75, 3.05) is 20.3 Å². The van der Waals surface area contributed by atoms with Gasteiger partial charge >= 0.3 is 5.69 Å². The van der Waals surface area contributed by atoms with E-state index in [1.165, 1.54) is 4.57 Å². The van der Waals surface area contributed by atoms with Gasteiger partial charge in [-0.3, -0.25) is 18.7 Å². The Bertz CT molecular complexity index is 1140. The second-order valence-electron chi connectivity index (χ2n) is 6.60. The summed E-state index contributed by atoms with van der Waals surface area (Å²) in [5.41, 5.74) is 0.211. The van der Waals surface area contributed by atoms with Crippen molar-refractivity contribution in [2.24, 2.45) is 0 Å². The highest BCUT2D eigenvalue weighted by Crippen LogP contribution is 2.12. The molecule has 0 aliphatic heterocycles. The van der Waals surface area contributed by atoms with E-state index in [1.54, 1.807) is 55.6 Å². The third-order valence-corrected chi connectivity index (χ3v) is 4.75. The smallest absolute Gasteiger partial charge is 0.332 e. The van der Waals surface area contributed by atoms with E-state index in [0.29, 0.717) is 35.5 Å². The quantitative estimate of drug-likeness (QED) is 0.570. The molecule has 0 unspecified atom stereocenters. The van der Waals surface area contributed by atoms with E-state index in [0.717, 1.165) is 10.1 Å². The summed E-state index contributed by atoms with van der Waals surface area (Å²) in [6.45, 7) is 0.871. The van der Waals surface area contributed by atoms with Crippen LogP contribution in [0.3, 0.4) is 0 Å². The van der Waals surface area contributed by atoms with E-state index >= 15 is 0 Å². The van der Waals surface area contributed by atoms with E-state index in [9.17, 15) is 14.4 Å². The fourth-order valence-electron chi connectivity index (χ4n) is 3.12. The molecular weight excluding hydrogens is 394 g/mol. The molecule has 0 saturated carbocycles. The summed E-state index contributed by atoms with van der Waals surface area (Å²) in [5.74, 6) is -0.304. The Kier molecular flexibility index (Phi) is 6.85. The lowest BCUT2D eigenvalue weighted by atomic mass is 10.2. The number of amides is 1. The van der Waals surface area contributed by atoms with Crippen LogP contribution < -0.4 is 16.6 Å². The molecule has 3 aromatic rings. The molecule has 0 atom stereocenters. The molecule has 0 spiro atoms. The molecule has 1 amide bonds. The zero-order valence-corrected chi connectivity index (χ0v) is 16.8. The number of fused-ring (bicyclic) bond motifs is 1. The number of nitrogens with one attached hydrogen (secondary N) is 1. The van der Waals surface area contributed by atoms with Gasteiger partial charge in [-0.1, -0.05) is 35.9 Å². The Morgan fingerprint density at radius 1 is 1.10 bits per heavy atom. The Morgan fingerprint density at radius 3 is 2.66 bits per heavy atom. The number of nitrogens with zero attached hydrogens (tertiary/aromatic N) is 2. The van der Waals surface area contributed by atoms with Gasteiger partial charge in [0.2, 0.25) is 5.91 Å². The summed E-state index contributed by atoms with van der Waals surface area (Å²) in [6.07, 6.45) is 0.673. The number of benzene rings is 2. The van der Waals surface area contributed by atoms with E-state index < -0.39 is 11.2 Å². The van der Waals surface area contributed by atoms with Gasteiger partial charge < -0.3 is 10.1 Å². The monoisotopic (exact) mass is 415 g/mol. The van der Waals surface area contributed by atoms with Gasteiger partial charge in [0.25, 0.3) is 5.56 Å². The van der Waals surface area contributed by atoms with Gasteiger partial charge in [-0.25, -0.2) is 4.79 Å². The number of halogens is 1. The van der Waals surface area contributed by atoms with Crippen molar-refractivity contribution in [2.45, 2.75) is 19.5 Å². The van der Waals surface area contributed by atoms with Crippen LogP contribution in [0.4, 0.5) is 0 Å². The molecule has 1 N–H and O–H groups in total. The van der Waals surface area contributed by atoms with Crippen molar-refractivity contribution in [3.8, 4) is 0 Å². The maximum atomic E-state index is 13.1. The number of carbonyl (C=O) groups is 1. The summed E-state index contributed by atoms with van der Waals surface area (Å²) in [7, 11) is 1.59. The molecule has 8 heteroatoms. The van der Waals surface area contributed by atoms with Crippen LogP contribution in [-0.2, 0) is 22.6 Å². The molecular formula is C21H22ClN3O4. The summed E-state index contributed by atoms with van der Waals surface area (Å²) >= 11 is 6.02. The molecule has 0 radical (unpaired) electrons. The minimum atomic E-state index is -0.541. The summed E-state index contributed by atoms with van der Waals surface area (Å²) < 4.78 is 7.42. The van der Waals surface area contributed by atoms with Crippen molar-refractivity contribution in [3.63, 3.8) is 0 Å². The van der Waals surface area contributed by atoms with Crippen LogP contribution in [0.25, 0.3) is 10.9 Å². The van der Waals surface area contributed by atoms with E-state index in [2.05, 4.69) is 5.32 Å². The molecule has 0 saturated heterocycles. The highest BCUT2D eigenvalue weighted by molar-refractivity contribution is 6.30. The molecule has 0 bridgehead atoms. The third kappa shape index (κ3) is 4.93. The second-order valence-corrected chi connectivity index (χ2v) is 7.04. The van der Waals surface area contributed by atoms with Gasteiger partial charge in [0.05, 0.1) is 17.4 Å². The molecule has 1 heterocycles. The number of carbonyl (C=O) groups excluding carboxylic acids is 1. The van der Waals surface area contributed by atoms with Crippen LogP contribution in [0.5, 0.6) is 0 Å². The molecule has 0 aliphatic rings. The average molecular weight is 416 g/mol. The van der Waals surface area contributed by atoms with Crippen molar-refractivity contribution in [1.82, 2.24) is 14.5 Å². The molecule has 7 nitrogen and oxygen atoms in total. The van der Waals surface area contributed by atoms with E-state index in [4.69, 9.17) is 16.3 Å². The van der Waals surface area contributed by atoms with E-state index in [-0.39, 0.29) is 19.0 Å². The second kappa shape index (κ2) is 9.54. The maximum Gasteiger partial charge on any atom is 0.332 e. The molecule has 29 heavy (non-hydrogen) atoms. The van der Waals surface area contributed by atoms with Gasteiger partial charge in [0.1, 0.15) is 6.54 Å². The molecule has 152 valence electrons. The largest absolute Gasteiger partial charge is 0.385 e. The van der Waals surface area contributed by atoms with Crippen LogP contribution in [0, 0.1) is 0 Å². The minimum Gasteiger partial charge on any atom is -0.385 e. The number of para-hydroxylation sites is 1. The highest BCUT2D eigenvalue weighted by atomic mass is 35.5. The van der Waals surface area contributed by atoms with Gasteiger partial charge in [-0.15, -0.1) is 0 Å². The van der Waals surface area contributed by atoms with Gasteiger partial charge in [-0.2, -0.15) is 0 Å². The minimum absolute atomic E-state index is 0.0680. The van der Waals surface area contributed by atoms with Crippen molar-refractivity contribution in [1.29, 1.82) is 0 Å². The average Bonchev–Trinajstić information content (AvgIpc) is 2.72. The highest BCUT2D eigenvalue weighted by Gasteiger charge is 2.15. The Balaban J connectivity index is 1.99. The van der Waals surface area contributed by atoms with Gasteiger partial charge in [0.15, 0.2) is 0 Å². The number of rotatable bonds is 8. The Labute approximate surface area is 172 Å². The topological polar surface area (TPSA) is 82.3 Å². The van der Waals surface area contributed by atoms with Crippen LogP contribution in [0.15, 0.2) is 58.1 Å². The summed E-state index contributed by atoms with van der Waals surface area (Å²) in [4.78, 5) is 38.4. The van der Waals surface area contributed by atoms with Crippen molar-refractivity contribution >= 4 is 28.4 Å². The van der Waals surface area contributed by atoms with Gasteiger partial charge in [0, 0.05) is 25.3 Å². The number of methoxy groups -OCH3 is 1. The first kappa shape index (κ1) is 20.8. The van der Waals surface area contributed by atoms with Gasteiger partial charge in [-0.05, 0) is 36.2 Å². The van der Waals surface area contributed by atoms with Crippen LogP contribution in [-0.4, -0.2) is 35.3 Å². The predicted molar refractivity (Wildman–Crippen MR) is 113 cm³/mol. The van der Waals surface area contributed by atoms with Crippen molar-refractivity contribution < 1.29 is 9.53 Å².